The summed E-state index contributed by atoms with van der Waals surface area (Å²) in [6.45, 7) is 15.1. The van der Waals surface area contributed by atoms with Gasteiger partial charge in [0.15, 0.2) is 0 Å². The largest absolute Gasteiger partial charge is 0.494 e. The SMILES string of the molecule is CC(C)(C)C12CC[C@H](C1)N(C(=O)O)[C@@H]2c1nc2ccc(-c3ccc4c(c3)CCc3cc(B5OC(C)(C)C(C)(C)O5)ccc3-4)cc2[nH]1. The van der Waals surface area contributed by atoms with Crippen LogP contribution >= 0.6 is 0 Å². The third kappa shape index (κ3) is 4.25. The van der Waals surface area contributed by atoms with E-state index in [0.717, 1.165) is 60.0 Å². The summed E-state index contributed by atoms with van der Waals surface area (Å²) < 4.78 is 12.7. The van der Waals surface area contributed by atoms with Gasteiger partial charge in [0.2, 0.25) is 0 Å². The van der Waals surface area contributed by atoms with Crippen LogP contribution in [0, 0.1) is 10.8 Å². The first kappa shape index (κ1) is 29.8. The minimum Gasteiger partial charge on any atom is -0.465 e. The zero-order valence-electron chi connectivity index (χ0n) is 28.0. The van der Waals surface area contributed by atoms with Crippen LogP contribution in [0.3, 0.4) is 0 Å². The number of likely N-dealkylation sites (tertiary alicyclic amines) is 1. The Morgan fingerprint density at radius 3 is 2.24 bits per heavy atom. The number of piperidine rings is 1. The summed E-state index contributed by atoms with van der Waals surface area (Å²) in [5.41, 5.74) is 9.56. The molecule has 7 nitrogen and oxygen atoms in total. The Morgan fingerprint density at radius 1 is 0.935 bits per heavy atom. The van der Waals surface area contributed by atoms with Crippen molar-refractivity contribution in [3.63, 3.8) is 0 Å². The Morgan fingerprint density at radius 2 is 1.57 bits per heavy atom. The van der Waals surface area contributed by atoms with E-state index >= 15 is 0 Å². The van der Waals surface area contributed by atoms with E-state index in [2.05, 4.69) is 108 Å². The van der Waals surface area contributed by atoms with E-state index in [1.165, 1.54) is 27.8 Å². The number of aromatic amines is 1. The number of aromatic nitrogens is 2. The van der Waals surface area contributed by atoms with E-state index in [1.807, 2.05) is 0 Å². The molecule has 4 aliphatic rings. The average molecular weight is 618 g/mol. The fourth-order valence-electron chi connectivity index (χ4n) is 8.82. The van der Waals surface area contributed by atoms with Crippen molar-refractivity contribution >= 4 is 29.7 Å². The lowest BCUT2D eigenvalue weighted by Crippen LogP contribution is -2.46. The number of imidazole rings is 1. The second-order valence-electron chi connectivity index (χ2n) is 16.1. The Balaban J connectivity index is 1.09. The molecule has 0 radical (unpaired) electrons. The van der Waals surface area contributed by atoms with Crippen molar-refractivity contribution in [2.24, 2.45) is 10.8 Å². The molecule has 2 saturated heterocycles. The smallest absolute Gasteiger partial charge is 0.465 e. The van der Waals surface area contributed by atoms with Gasteiger partial charge in [-0.3, -0.25) is 4.90 Å². The number of hydrogen-bond donors (Lipinski definition) is 2. The molecule has 3 heterocycles. The third-order valence-electron chi connectivity index (χ3n) is 12.2. The van der Waals surface area contributed by atoms with Crippen molar-refractivity contribution in [3.05, 3.63) is 71.5 Å². The minimum atomic E-state index is -0.845. The molecule has 8 rings (SSSR count). The lowest BCUT2D eigenvalue weighted by atomic mass is 9.61. The maximum atomic E-state index is 12.5. The molecule has 1 unspecified atom stereocenters. The van der Waals surface area contributed by atoms with Gasteiger partial charge in [-0.15, -0.1) is 0 Å². The predicted octanol–water partition coefficient (Wildman–Crippen LogP) is 7.91. The third-order valence-corrected chi connectivity index (χ3v) is 12.2. The topological polar surface area (TPSA) is 87.7 Å². The van der Waals surface area contributed by atoms with Crippen LogP contribution in [0.25, 0.3) is 33.3 Å². The maximum absolute atomic E-state index is 12.5. The van der Waals surface area contributed by atoms with Gasteiger partial charge in [-0.2, -0.15) is 0 Å². The van der Waals surface area contributed by atoms with Crippen molar-refractivity contribution in [2.45, 2.75) is 104 Å². The molecule has 238 valence electrons. The second kappa shape index (κ2) is 9.71. The van der Waals surface area contributed by atoms with Crippen molar-refractivity contribution < 1.29 is 19.2 Å². The number of H-pyrrole nitrogens is 1. The summed E-state index contributed by atoms with van der Waals surface area (Å²) in [6, 6.07) is 19.6. The van der Waals surface area contributed by atoms with E-state index in [9.17, 15) is 9.90 Å². The molecule has 2 bridgehead atoms. The molecular weight excluding hydrogens is 573 g/mol. The van der Waals surface area contributed by atoms with E-state index in [1.54, 1.807) is 4.90 Å². The summed E-state index contributed by atoms with van der Waals surface area (Å²) in [6.07, 6.45) is 3.95. The quantitative estimate of drug-likeness (QED) is 0.228. The second-order valence-corrected chi connectivity index (χ2v) is 16.1. The highest BCUT2D eigenvalue weighted by Crippen LogP contribution is 2.66. The Bertz CT molecular complexity index is 1890. The Labute approximate surface area is 271 Å². The van der Waals surface area contributed by atoms with Crippen LogP contribution in [0.15, 0.2) is 54.6 Å². The molecule has 3 fully saturated rings. The van der Waals surface area contributed by atoms with Gasteiger partial charge in [-0.25, -0.2) is 9.78 Å². The molecule has 46 heavy (non-hydrogen) atoms. The van der Waals surface area contributed by atoms with Crippen molar-refractivity contribution in [1.29, 1.82) is 0 Å². The summed E-state index contributed by atoms with van der Waals surface area (Å²) >= 11 is 0. The van der Waals surface area contributed by atoms with Gasteiger partial charge in [0, 0.05) is 11.5 Å². The summed E-state index contributed by atoms with van der Waals surface area (Å²) in [7, 11) is -0.355. The number of carboxylic acid groups (broad SMARTS) is 1. The number of hydrogen-bond acceptors (Lipinski definition) is 4. The zero-order chi connectivity index (χ0) is 32.4. The number of rotatable bonds is 3. The molecular formula is C38H44BN3O4. The molecule has 3 atom stereocenters. The monoisotopic (exact) mass is 617 g/mol. The highest BCUT2D eigenvalue weighted by Gasteiger charge is 2.64. The highest BCUT2D eigenvalue weighted by atomic mass is 16.7. The fourth-order valence-corrected chi connectivity index (χ4v) is 8.82. The molecule has 2 aliphatic heterocycles. The Hall–Kier alpha value is -3.62. The van der Waals surface area contributed by atoms with Gasteiger partial charge in [-0.05, 0) is 116 Å². The number of nitrogens with zero attached hydrogens (tertiary/aromatic N) is 2. The number of nitrogens with one attached hydrogen (secondary N) is 1. The van der Waals surface area contributed by atoms with Crippen molar-refractivity contribution in [3.8, 4) is 22.3 Å². The standard InChI is InChI=1S/C38H44BN3O4/c1-35(2,3)38-17-16-27(21-38)42(34(43)44)32(38)33-40-30-15-11-23(20-31(30)41-33)22-10-13-28-24(18-22)8-9-25-19-26(12-14-29(25)28)39-45-36(4,5)37(6,7)46-39/h10-15,18-20,27,32H,8-9,16-17,21H2,1-7H3,(H,40,41)(H,43,44)/t27-,32-,38?/m1/s1. The number of benzene rings is 3. The van der Waals surface area contributed by atoms with E-state index in [4.69, 9.17) is 14.3 Å². The molecule has 1 aromatic heterocycles. The van der Waals surface area contributed by atoms with Crippen LogP contribution in [0.5, 0.6) is 0 Å². The van der Waals surface area contributed by atoms with E-state index in [0.29, 0.717) is 0 Å². The van der Waals surface area contributed by atoms with Crippen LogP contribution < -0.4 is 5.46 Å². The molecule has 4 aromatic rings. The summed E-state index contributed by atoms with van der Waals surface area (Å²) in [4.78, 5) is 22.8. The molecule has 1 saturated carbocycles. The van der Waals surface area contributed by atoms with Gasteiger partial charge < -0.3 is 19.4 Å². The summed E-state index contributed by atoms with van der Waals surface area (Å²) in [5, 5.41) is 10.2. The van der Waals surface area contributed by atoms with Crippen LogP contribution in [0.1, 0.15) is 90.7 Å². The Kier molecular flexibility index (Phi) is 6.28. The van der Waals surface area contributed by atoms with Crippen molar-refractivity contribution in [2.75, 3.05) is 0 Å². The van der Waals surface area contributed by atoms with Gasteiger partial charge in [0.1, 0.15) is 5.82 Å². The normalized spacial score (nSPS) is 26.1. The van der Waals surface area contributed by atoms with Gasteiger partial charge in [-0.1, -0.05) is 63.2 Å². The highest BCUT2D eigenvalue weighted by molar-refractivity contribution is 6.62. The number of amides is 1. The number of fused-ring (bicyclic) bond motifs is 6. The van der Waals surface area contributed by atoms with Gasteiger partial charge in [0.25, 0.3) is 0 Å². The fraction of sp³-hybridized carbons (Fsp3) is 0.474. The van der Waals surface area contributed by atoms with Crippen LogP contribution in [-0.4, -0.2) is 50.4 Å². The van der Waals surface area contributed by atoms with E-state index < -0.39 is 6.09 Å². The number of carbonyl (C=O) groups is 1. The van der Waals surface area contributed by atoms with Crippen LogP contribution in [0.2, 0.25) is 0 Å². The van der Waals surface area contributed by atoms with Crippen molar-refractivity contribution in [1.82, 2.24) is 14.9 Å². The van der Waals surface area contributed by atoms with Gasteiger partial charge in [0.05, 0.1) is 28.3 Å². The maximum Gasteiger partial charge on any atom is 0.494 e. The van der Waals surface area contributed by atoms with E-state index in [-0.39, 0.29) is 41.2 Å². The van der Waals surface area contributed by atoms with Gasteiger partial charge >= 0.3 is 13.2 Å². The lowest BCUT2D eigenvalue weighted by Gasteiger charge is -2.47. The van der Waals surface area contributed by atoms with Crippen LogP contribution in [0.4, 0.5) is 4.79 Å². The first-order chi connectivity index (χ1) is 21.7. The molecule has 0 spiro atoms. The molecule has 2 N–H and O–H groups in total. The predicted molar refractivity (Wildman–Crippen MR) is 182 cm³/mol. The molecule has 2 aliphatic carbocycles. The lowest BCUT2D eigenvalue weighted by molar-refractivity contribution is 0.00578. The first-order valence-electron chi connectivity index (χ1n) is 16.8. The molecule has 3 aromatic carbocycles. The minimum absolute atomic E-state index is 0.0457. The number of aryl methyl sites for hydroxylation is 2. The average Bonchev–Trinajstić information content (AvgIpc) is 3.75. The first-order valence-corrected chi connectivity index (χ1v) is 16.8. The molecule has 8 heteroatoms. The summed E-state index contributed by atoms with van der Waals surface area (Å²) in [5.74, 6) is 0.772. The van der Waals surface area contributed by atoms with Crippen LogP contribution in [-0.2, 0) is 22.2 Å². The zero-order valence-corrected chi connectivity index (χ0v) is 28.0. The molecule has 1 amide bonds.